The van der Waals surface area contributed by atoms with Crippen LogP contribution in [0.5, 0.6) is 0 Å². The fourth-order valence-electron chi connectivity index (χ4n) is 1.17. The second-order valence-corrected chi connectivity index (χ2v) is 2.88. The van der Waals surface area contributed by atoms with Crippen molar-refractivity contribution < 1.29 is 4.79 Å². The highest BCUT2D eigenvalue weighted by Crippen LogP contribution is 2.14. The zero-order valence-electron chi connectivity index (χ0n) is 8.21. The quantitative estimate of drug-likeness (QED) is 0.707. The van der Waals surface area contributed by atoms with Gasteiger partial charge >= 0.3 is 0 Å². The maximum atomic E-state index is 11.1. The number of hydrogen-bond donors (Lipinski definition) is 2. The third-order valence-electron chi connectivity index (χ3n) is 1.83. The molecule has 0 spiro atoms. The molecule has 3 heteroatoms. The number of benzene rings is 1. The van der Waals surface area contributed by atoms with Crippen LogP contribution in [0.3, 0.4) is 0 Å². The maximum Gasteiger partial charge on any atom is 0.247 e. The summed E-state index contributed by atoms with van der Waals surface area (Å²) in [5.74, 6) is -0.187. The van der Waals surface area contributed by atoms with E-state index in [4.69, 9.17) is 0 Å². The molecule has 0 aliphatic rings. The van der Waals surface area contributed by atoms with Crippen molar-refractivity contribution in [2.75, 3.05) is 12.4 Å². The van der Waals surface area contributed by atoms with Gasteiger partial charge in [-0.1, -0.05) is 24.8 Å². The monoisotopic (exact) mass is 190 g/mol. The summed E-state index contributed by atoms with van der Waals surface area (Å²) in [6.07, 6.45) is 1.26. The highest BCUT2D eigenvalue weighted by atomic mass is 16.1. The van der Waals surface area contributed by atoms with E-state index >= 15 is 0 Å². The summed E-state index contributed by atoms with van der Waals surface area (Å²) in [4.78, 5) is 11.1. The number of carbonyl (C=O) groups excluding carboxylic acids is 1. The molecule has 0 unspecified atom stereocenters. The van der Waals surface area contributed by atoms with E-state index in [0.29, 0.717) is 0 Å². The number of rotatable bonds is 4. The van der Waals surface area contributed by atoms with Crippen LogP contribution in [-0.4, -0.2) is 13.0 Å². The van der Waals surface area contributed by atoms with Gasteiger partial charge in [-0.15, -0.1) is 0 Å². The Balaban J connectivity index is 2.83. The van der Waals surface area contributed by atoms with E-state index < -0.39 is 0 Å². The number of hydrogen-bond acceptors (Lipinski definition) is 2. The molecular formula is C11H14N2O. The predicted octanol–water partition coefficient (Wildman–Crippen LogP) is 1.53. The van der Waals surface area contributed by atoms with E-state index in [-0.39, 0.29) is 5.91 Å². The van der Waals surface area contributed by atoms with Crippen molar-refractivity contribution in [3.8, 4) is 0 Å². The van der Waals surface area contributed by atoms with Crippen molar-refractivity contribution in [3.63, 3.8) is 0 Å². The fraction of sp³-hybridized carbons (Fsp3) is 0.182. The molecule has 0 aliphatic carbocycles. The fourth-order valence-corrected chi connectivity index (χ4v) is 1.17. The van der Waals surface area contributed by atoms with Gasteiger partial charge in [0.1, 0.15) is 0 Å². The van der Waals surface area contributed by atoms with Gasteiger partial charge in [0, 0.05) is 12.2 Å². The minimum Gasteiger partial charge on any atom is -0.322 e. The van der Waals surface area contributed by atoms with Gasteiger partial charge in [0.25, 0.3) is 0 Å². The Morgan fingerprint density at radius 3 is 2.86 bits per heavy atom. The first-order valence-corrected chi connectivity index (χ1v) is 4.44. The summed E-state index contributed by atoms with van der Waals surface area (Å²) in [5, 5.41) is 5.79. The van der Waals surface area contributed by atoms with Crippen LogP contribution in [0, 0.1) is 0 Å². The lowest BCUT2D eigenvalue weighted by molar-refractivity contribution is -0.111. The largest absolute Gasteiger partial charge is 0.322 e. The van der Waals surface area contributed by atoms with E-state index in [0.717, 1.165) is 17.8 Å². The van der Waals surface area contributed by atoms with Crippen molar-refractivity contribution in [2.45, 2.75) is 6.54 Å². The first kappa shape index (κ1) is 10.5. The smallest absolute Gasteiger partial charge is 0.247 e. The van der Waals surface area contributed by atoms with Gasteiger partial charge in [0.2, 0.25) is 5.91 Å². The summed E-state index contributed by atoms with van der Waals surface area (Å²) >= 11 is 0. The van der Waals surface area contributed by atoms with Crippen LogP contribution < -0.4 is 10.6 Å². The van der Waals surface area contributed by atoms with Crippen LogP contribution >= 0.6 is 0 Å². The van der Waals surface area contributed by atoms with Crippen LogP contribution in [-0.2, 0) is 11.3 Å². The lowest BCUT2D eigenvalue weighted by atomic mass is 10.2. The summed E-state index contributed by atoms with van der Waals surface area (Å²) in [6, 6.07) is 7.66. The molecule has 0 heterocycles. The molecular weight excluding hydrogens is 176 g/mol. The second kappa shape index (κ2) is 5.19. The molecule has 0 atom stereocenters. The van der Waals surface area contributed by atoms with Gasteiger partial charge in [-0.3, -0.25) is 4.79 Å². The van der Waals surface area contributed by atoms with E-state index in [9.17, 15) is 4.79 Å². The number of anilines is 1. The molecule has 1 rings (SSSR count). The summed E-state index contributed by atoms with van der Waals surface area (Å²) in [6.45, 7) is 4.13. The van der Waals surface area contributed by atoms with E-state index in [1.54, 1.807) is 0 Å². The van der Waals surface area contributed by atoms with Crippen LogP contribution in [0.25, 0.3) is 0 Å². The zero-order valence-corrected chi connectivity index (χ0v) is 8.21. The molecule has 0 aromatic heterocycles. The molecule has 0 saturated heterocycles. The molecule has 1 aromatic carbocycles. The number of nitrogens with one attached hydrogen (secondary N) is 2. The SMILES string of the molecule is C=CC(=O)Nc1ccccc1CNC. The topological polar surface area (TPSA) is 41.1 Å². The average molecular weight is 190 g/mol. The van der Waals surface area contributed by atoms with Crippen LogP contribution in [0.2, 0.25) is 0 Å². The highest BCUT2D eigenvalue weighted by molar-refractivity contribution is 5.99. The standard InChI is InChI=1S/C11H14N2O/c1-3-11(14)13-10-7-5-4-6-9(10)8-12-2/h3-7,12H,1,8H2,2H3,(H,13,14). The molecule has 3 nitrogen and oxygen atoms in total. The molecule has 0 bridgehead atoms. The molecule has 74 valence electrons. The lowest BCUT2D eigenvalue weighted by Crippen LogP contribution is -2.12. The minimum absolute atomic E-state index is 0.187. The Morgan fingerprint density at radius 2 is 2.21 bits per heavy atom. The summed E-state index contributed by atoms with van der Waals surface area (Å²) in [5.41, 5.74) is 1.89. The van der Waals surface area contributed by atoms with Crippen LogP contribution in [0.15, 0.2) is 36.9 Å². The van der Waals surface area contributed by atoms with Crippen molar-refractivity contribution >= 4 is 11.6 Å². The normalized spacial score (nSPS) is 9.50. The zero-order chi connectivity index (χ0) is 10.4. The first-order valence-electron chi connectivity index (χ1n) is 4.44. The molecule has 14 heavy (non-hydrogen) atoms. The third-order valence-corrected chi connectivity index (χ3v) is 1.83. The van der Waals surface area contributed by atoms with Gasteiger partial charge in [0.05, 0.1) is 0 Å². The van der Waals surface area contributed by atoms with E-state index in [1.165, 1.54) is 6.08 Å². The lowest BCUT2D eigenvalue weighted by Gasteiger charge is -2.08. The van der Waals surface area contributed by atoms with E-state index in [1.807, 2.05) is 31.3 Å². The highest BCUT2D eigenvalue weighted by Gasteiger charge is 2.01. The van der Waals surface area contributed by atoms with Crippen molar-refractivity contribution in [1.82, 2.24) is 5.32 Å². The molecule has 0 saturated carbocycles. The molecule has 1 amide bonds. The predicted molar refractivity (Wildman–Crippen MR) is 58.0 cm³/mol. The number of carbonyl (C=O) groups is 1. The van der Waals surface area contributed by atoms with Crippen molar-refractivity contribution in [1.29, 1.82) is 0 Å². The summed E-state index contributed by atoms with van der Waals surface area (Å²) < 4.78 is 0. The Labute approximate surface area is 83.8 Å². The Morgan fingerprint density at radius 1 is 1.50 bits per heavy atom. The Kier molecular flexibility index (Phi) is 3.88. The van der Waals surface area contributed by atoms with Crippen LogP contribution in [0.4, 0.5) is 5.69 Å². The van der Waals surface area contributed by atoms with Gasteiger partial charge in [-0.25, -0.2) is 0 Å². The third kappa shape index (κ3) is 2.71. The molecule has 0 fully saturated rings. The number of amides is 1. The van der Waals surface area contributed by atoms with Crippen molar-refractivity contribution in [2.24, 2.45) is 0 Å². The molecule has 2 N–H and O–H groups in total. The minimum atomic E-state index is -0.187. The Hall–Kier alpha value is -1.61. The van der Waals surface area contributed by atoms with Gasteiger partial charge < -0.3 is 10.6 Å². The molecule has 1 aromatic rings. The average Bonchev–Trinajstić information content (AvgIpc) is 2.21. The van der Waals surface area contributed by atoms with Gasteiger partial charge in [0.15, 0.2) is 0 Å². The number of para-hydroxylation sites is 1. The van der Waals surface area contributed by atoms with Crippen molar-refractivity contribution in [3.05, 3.63) is 42.5 Å². The maximum absolute atomic E-state index is 11.1. The van der Waals surface area contributed by atoms with E-state index in [2.05, 4.69) is 17.2 Å². The molecule has 0 radical (unpaired) electrons. The summed E-state index contributed by atoms with van der Waals surface area (Å²) in [7, 11) is 1.87. The van der Waals surface area contributed by atoms with Crippen LogP contribution in [0.1, 0.15) is 5.56 Å². The Bertz CT molecular complexity index is 334. The van der Waals surface area contributed by atoms with Gasteiger partial charge in [-0.05, 0) is 24.8 Å². The molecule has 0 aliphatic heterocycles. The van der Waals surface area contributed by atoms with Gasteiger partial charge in [-0.2, -0.15) is 0 Å². The first-order chi connectivity index (χ1) is 6.77. The second-order valence-electron chi connectivity index (χ2n) is 2.88.